The first-order valence-corrected chi connectivity index (χ1v) is 6.35. The monoisotopic (exact) mass is 340 g/mol. The van der Waals surface area contributed by atoms with Crippen molar-refractivity contribution >= 4 is 11.9 Å². The number of rotatable bonds is 3. The molecular weight excluding hydrogens is 328 g/mol. The maximum absolute atomic E-state index is 13.5. The SMILES string of the molecule is CC1(C)OC(=O)C(C([O-])Cc2cc(F)c(F)cc2F)C(=O)O1.[Na+]. The Kier molecular flexibility index (Phi) is 6.25. The summed E-state index contributed by atoms with van der Waals surface area (Å²) < 4.78 is 49.0. The van der Waals surface area contributed by atoms with Gasteiger partial charge in [-0.3, -0.25) is 9.59 Å². The second-order valence-corrected chi connectivity index (χ2v) is 5.32. The van der Waals surface area contributed by atoms with Gasteiger partial charge in [0.05, 0.1) is 0 Å². The summed E-state index contributed by atoms with van der Waals surface area (Å²) in [4.78, 5) is 23.4. The number of halogens is 3. The van der Waals surface area contributed by atoms with E-state index in [1.54, 1.807) is 0 Å². The van der Waals surface area contributed by atoms with Crippen LogP contribution in [0.3, 0.4) is 0 Å². The van der Waals surface area contributed by atoms with Crippen LogP contribution in [0.4, 0.5) is 13.2 Å². The van der Waals surface area contributed by atoms with Crippen molar-refractivity contribution in [2.45, 2.75) is 32.2 Å². The Balaban J connectivity index is 0.00000264. The van der Waals surface area contributed by atoms with E-state index in [4.69, 9.17) is 9.47 Å². The van der Waals surface area contributed by atoms with Gasteiger partial charge >= 0.3 is 41.5 Å². The van der Waals surface area contributed by atoms with Crippen molar-refractivity contribution in [2.24, 2.45) is 5.92 Å². The molecule has 2 rings (SSSR count). The first-order valence-electron chi connectivity index (χ1n) is 6.35. The van der Waals surface area contributed by atoms with Crippen molar-refractivity contribution in [3.63, 3.8) is 0 Å². The third kappa shape index (κ3) is 4.47. The third-order valence-corrected chi connectivity index (χ3v) is 3.08. The van der Waals surface area contributed by atoms with Gasteiger partial charge in [0.15, 0.2) is 11.6 Å². The summed E-state index contributed by atoms with van der Waals surface area (Å²) in [6.45, 7) is 2.63. The Labute approximate surface area is 152 Å². The molecule has 1 aliphatic rings. The van der Waals surface area contributed by atoms with Gasteiger partial charge in [-0.25, -0.2) is 13.2 Å². The Morgan fingerprint density at radius 1 is 1.09 bits per heavy atom. The molecule has 5 nitrogen and oxygen atoms in total. The minimum absolute atomic E-state index is 0. The van der Waals surface area contributed by atoms with E-state index in [-0.39, 0.29) is 35.6 Å². The molecule has 9 heteroatoms. The van der Waals surface area contributed by atoms with Crippen LogP contribution in [-0.2, 0) is 25.5 Å². The van der Waals surface area contributed by atoms with Crippen LogP contribution in [0.1, 0.15) is 19.4 Å². The van der Waals surface area contributed by atoms with Crippen LogP contribution in [0.2, 0.25) is 0 Å². The number of hydrogen-bond acceptors (Lipinski definition) is 5. The number of cyclic esters (lactones) is 2. The van der Waals surface area contributed by atoms with Crippen molar-refractivity contribution in [1.82, 2.24) is 0 Å². The van der Waals surface area contributed by atoms with E-state index in [9.17, 15) is 27.9 Å². The zero-order valence-corrected chi connectivity index (χ0v) is 14.7. The van der Waals surface area contributed by atoms with E-state index < -0.39 is 59.2 Å². The molecule has 0 aliphatic carbocycles. The summed E-state index contributed by atoms with van der Waals surface area (Å²) in [6.07, 6.45) is -2.64. The molecule has 0 saturated carbocycles. The molecule has 0 aromatic heterocycles. The van der Waals surface area contributed by atoms with Gasteiger partial charge in [0.2, 0.25) is 0 Å². The normalized spacial score (nSPS) is 18.7. The fourth-order valence-corrected chi connectivity index (χ4v) is 2.09. The minimum atomic E-state index is -1.95. The molecule has 0 N–H and O–H groups in total. The fourth-order valence-electron chi connectivity index (χ4n) is 2.09. The summed E-state index contributed by atoms with van der Waals surface area (Å²) in [5.74, 6) is -9.34. The summed E-state index contributed by atoms with van der Waals surface area (Å²) in [7, 11) is 0. The number of ether oxygens (including phenoxy) is 2. The number of carbonyl (C=O) groups is 2. The van der Waals surface area contributed by atoms with Crippen molar-refractivity contribution in [3.05, 3.63) is 35.1 Å². The van der Waals surface area contributed by atoms with Crippen LogP contribution in [0, 0.1) is 23.4 Å². The molecule has 23 heavy (non-hydrogen) atoms. The molecular formula is C14H12F3NaO5. The Hall–Kier alpha value is -1.09. The van der Waals surface area contributed by atoms with Crippen LogP contribution in [0.15, 0.2) is 12.1 Å². The molecule has 0 amide bonds. The Morgan fingerprint density at radius 3 is 2.09 bits per heavy atom. The van der Waals surface area contributed by atoms with Gasteiger partial charge in [0, 0.05) is 19.9 Å². The average molecular weight is 340 g/mol. The van der Waals surface area contributed by atoms with Gasteiger partial charge in [-0.1, -0.05) is 6.10 Å². The standard InChI is InChI=1S/C14H12F3O5.Na/c1-14(2)21-12(19)11(13(20)22-14)10(18)4-6-3-8(16)9(17)5-7(6)15;/h3,5,10-11H,4H2,1-2H3;/q-1;+1. The predicted octanol–water partition coefficient (Wildman–Crippen LogP) is -2.17. The van der Waals surface area contributed by atoms with Crippen LogP contribution in [0.5, 0.6) is 0 Å². The second kappa shape index (κ2) is 7.21. The van der Waals surface area contributed by atoms with Crippen LogP contribution >= 0.6 is 0 Å². The first kappa shape index (κ1) is 20.0. The summed E-state index contributed by atoms with van der Waals surface area (Å²) in [5, 5.41) is 12.0. The van der Waals surface area contributed by atoms with Crippen molar-refractivity contribution < 1.29 is 66.9 Å². The van der Waals surface area contributed by atoms with Gasteiger partial charge in [-0.15, -0.1) is 0 Å². The summed E-state index contributed by atoms with van der Waals surface area (Å²) in [5.41, 5.74) is -0.440. The minimum Gasteiger partial charge on any atom is -0.851 e. The topological polar surface area (TPSA) is 75.7 Å². The van der Waals surface area contributed by atoms with Gasteiger partial charge in [-0.2, -0.15) is 0 Å². The molecule has 1 aliphatic heterocycles. The van der Waals surface area contributed by atoms with E-state index in [2.05, 4.69) is 0 Å². The quantitative estimate of drug-likeness (QED) is 0.271. The predicted molar refractivity (Wildman–Crippen MR) is 63.6 cm³/mol. The molecule has 1 unspecified atom stereocenters. The largest absolute Gasteiger partial charge is 1.00 e. The summed E-state index contributed by atoms with van der Waals surface area (Å²) in [6, 6.07) is 0.803. The summed E-state index contributed by atoms with van der Waals surface area (Å²) >= 11 is 0. The van der Waals surface area contributed by atoms with Gasteiger partial charge in [-0.05, 0) is 18.1 Å². The number of benzene rings is 1. The molecule has 1 aromatic carbocycles. The van der Waals surface area contributed by atoms with E-state index in [0.717, 1.165) is 0 Å². The number of esters is 2. The average Bonchev–Trinajstić information content (AvgIpc) is 2.33. The van der Waals surface area contributed by atoms with E-state index in [1.807, 2.05) is 0 Å². The van der Waals surface area contributed by atoms with Gasteiger partial charge in [0.1, 0.15) is 11.7 Å². The van der Waals surface area contributed by atoms with Crippen LogP contribution < -0.4 is 34.7 Å². The zero-order valence-electron chi connectivity index (χ0n) is 12.7. The van der Waals surface area contributed by atoms with Crippen LogP contribution in [0.25, 0.3) is 0 Å². The number of hydrogen-bond donors (Lipinski definition) is 0. The molecule has 120 valence electrons. The van der Waals surface area contributed by atoms with Gasteiger partial charge < -0.3 is 14.6 Å². The van der Waals surface area contributed by atoms with Crippen molar-refractivity contribution in [2.75, 3.05) is 0 Å². The van der Waals surface area contributed by atoms with Crippen LogP contribution in [-0.4, -0.2) is 23.8 Å². The molecule has 1 atom stereocenters. The smallest absolute Gasteiger partial charge is 0.851 e. The van der Waals surface area contributed by atoms with Gasteiger partial charge in [0.25, 0.3) is 5.79 Å². The fraction of sp³-hybridized carbons (Fsp3) is 0.429. The Bertz CT molecular complexity index is 615. The van der Waals surface area contributed by atoms with Crippen molar-refractivity contribution in [3.8, 4) is 0 Å². The molecule has 1 fully saturated rings. The molecule has 1 aromatic rings. The first-order chi connectivity index (χ1) is 10.1. The molecule has 1 saturated heterocycles. The zero-order chi connectivity index (χ0) is 16.7. The van der Waals surface area contributed by atoms with Crippen molar-refractivity contribution in [1.29, 1.82) is 0 Å². The Morgan fingerprint density at radius 2 is 1.57 bits per heavy atom. The molecule has 1 heterocycles. The third-order valence-electron chi connectivity index (χ3n) is 3.08. The van der Waals surface area contributed by atoms with E-state index in [0.29, 0.717) is 6.07 Å². The molecule has 0 bridgehead atoms. The molecule has 0 spiro atoms. The second-order valence-electron chi connectivity index (χ2n) is 5.32. The maximum atomic E-state index is 13.5. The molecule has 0 radical (unpaired) electrons. The number of carbonyl (C=O) groups excluding carboxylic acids is 2. The van der Waals surface area contributed by atoms with E-state index in [1.165, 1.54) is 13.8 Å². The van der Waals surface area contributed by atoms with E-state index >= 15 is 0 Å². The maximum Gasteiger partial charge on any atom is 1.00 e.